The van der Waals surface area contributed by atoms with E-state index in [1.807, 2.05) is 0 Å². The van der Waals surface area contributed by atoms with E-state index < -0.39 is 16.0 Å². The Morgan fingerprint density at radius 2 is 2.06 bits per heavy atom. The molecule has 1 aliphatic rings. The predicted octanol–water partition coefficient (Wildman–Crippen LogP) is -0.248. The molecule has 0 unspecified atom stereocenters. The predicted molar refractivity (Wildman–Crippen MR) is 57.9 cm³/mol. The molecule has 1 saturated heterocycles. The van der Waals surface area contributed by atoms with Crippen LogP contribution in [0.1, 0.15) is 12.8 Å². The summed E-state index contributed by atoms with van der Waals surface area (Å²) in [6.45, 7) is 0.727. The van der Waals surface area contributed by atoms with Crippen LogP contribution in [0.4, 0.5) is 0 Å². The minimum atomic E-state index is -3.55. The molecule has 1 fully saturated rings. The number of imidazole rings is 1. The molecule has 7 nitrogen and oxygen atoms in total. The van der Waals surface area contributed by atoms with Crippen molar-refractivity contribution < 1.29 is 18.3 Å². The van der Waals surface area contributed by atoms with Crippen molar-refractivity contribution in [3.05, 3.63) is 12.5 Å². The molecule has 17 heavy (non-hydrogen) atoms. The quantitative estimate of drug-likeness (QED) is 0.805. The Labute approximate surface area is 98.7 Å². The van der Waals surface area contributed by atoms with Crippen molar-refractivity contribution in [2.45, 2.75) is 24.4 Å². The molecular weight excluding hydrogens is 246 g/mol. The van der Waals surface area contributed by atoms with Crippen molar-refractivity contribution in [3.8, 4) is 0 Å². The third-order valence-corrected chi connectivity index (χ3v) is 4.38. The summed E-state index contributed by atoms with van der Waals surface area (Å²) in [7, 11) is -3.55. The van der Waals surface area contributed by atoms with E-state index in [0.29, 0.717) is 13.1 Å². The highest BCUT2D eigenvalue weighted by Crippen LogP contribution is 2.18. The van der Waals surface area contributed by atoms with Gasteiger partial charge in [-0.05, 0) is 12.8 Å². The van der Waals surface area contributed by atoms with Crippen molar-refractivity contribution in [2.75, 3.05) is 13.1 Å². The van der Waals surface area contributed by atoms with Crippen molar-refractivity contribution >= 4 is 16.0 Å². The van der Waals surface area contributed by atoms with Gasteiger partial charge in [0.05, 0.1) is 6.33 Å². The molecule has 0 spiro atoms. The maximum Gasteiger partial charge on any atom is 0.323 e. The van der Waals surface area contributed by atoms with Crippen LogP contribution in [-0.2, 0) is 21.4 Å². The first-order valence-corrected chi connectivity index (χ1v) is 6.68. The number of rotatable bonds is 4. The molecule has 1 aromatic heterocycles. The summed E-state index contributed by atoms with van der Waals surface area (Å²) in [6.07, 6.45) is 4.18. The van der Waals surface area contributed by atoms with Gasteiger partial charge < -0.3 is 9.67 Å². The Kier molecular flexibility index (Phi) is 3.16. The number of hydrogen-bond donors (Lipinski definition) is 1. The van der Waals surface area contributed by atoms with Crippen molar-refractivity contribution in [2.24, 2.45) is 0 Å². The zero-order valence-corrected chi connectivity index (χ0v) is 9.93. The van der Waals surface area contributed by atoms with E-state index in [0.717, 1.165) is 12.8 Å². The topological polar surface area (TPSA) is 92.5 Å². The fourth-order valence-electron chi connectivity index (χ4n) is 1.78. The molecule has 2 heterocycles. The minimum absolute atomic E-state index is 0.0827. The monoisotopic (exact) mass is 259 g/mol. The average molecular weight is 259 g/mol. The summed E-state index contributed by atoms with van der Waals surface area (Å²) >= 11 is 0. The summed E-state index contributed by atoms with van der Waals surface area (Å²) in [6, 6.07) is 0. The maximum absolute atomic E-state index is 12.0. The van der Waals surface area contributed by atoms with Gasteiger partial charge in [0.25, 0.3) is 10.0 Å². The third kappa shape index (κ3) is 2.47. The molecule has 1 N–H and O–H groups in total. The molecule has 0 atom stereocenters. The fraction of sp³-hybridized carbons (Fsp3) is 0.556. The highest BCUT2D eigenvalue weighted by atomic mass is 32.2. The van der Waals surface area contributed by atoms with Crippen LogP contribution in [0.2, 0.25) is 0 Å². The van der Waals surface area contributed by atoms with Crippen LogP contribution in [0.3, 0.4) is 0 Å². The van der Waals surface area contributed by atoms with Crippen molar-refractivity contribution in [3.63, 3.8) is 0 Å². The van der Waals surface area contributed by atoms with E-state index in [9.17, 15) is 13.2 Å². The zero-order valence-electron chi connectivity index (χ0n) is 9.11. The second-order valence-electron chi connectivity index (χ2n) is 3.89. The van der Waals surface area contributed by atoms with Crippen LogP contribution < -0.4 is 0 Å². The molecule has 1 aromatic rings. The number of hydrogen-bond acceptors (Lipinski definition) is 4. The second kappa shape index (κ2) is 4.46. The zero-order chi connectivity index (χ0) is 12.5. The molecule has 0 amide bonds. The molecule has 0 saturated carbocycles. The number of carboxylic acids is 1. The van der Waals surface area contributed by atoms with Crippen LogP contribution in [0.5, 0.6) is 0 Å². The van der Waals surface area contributed by atoms with Gasteiger partial charge in [0.2, 0.25) is 0 Å². The lowest BCUT2D eigenvalue weighted by atomic mass is 10.4. The first-order chi connectivity index (χ1) is 8.00. The number of aromatic nitrogens is 2. The Balaban J connectivity index is 2.21. The second-order valence-corrected chi connectivity index (χ2v) is 5.77. The lowest BCUT2D eigenvalue weighted by molar-refractivity contribution is -0.137. The summed E-state index contributed by atoms with van der Waals surface area (Å²) in [4.78, 5) is 14.2. The third-order valence-electron chi connectivity index (χ3n) is 2.60. The van der Waals surface area contributed by atoms with Gasteiger partial charge in [-0.3, -0.25) is 4.79 Å². The first kappa shape index (κ1) is 12.1. The molecule has 2 rings (SSSR count). The van der Waals surface area contributed by atoms with E-state index in [1.165, 1.54) is 21.4 Å². The Morgan fingerprint density at radius 1 is 1.41 bits per heavy atom. The molecule has 0 aromatic carbocycles. The van der Waals surface area contributed by atoms with Crippen LogP contribution in [0.15, 0.2) is 17.6 Å². The Hall–Kier alpha value is -1.41. The van der Waals surface area contributed by atoms with Gasteiger partial charge in [-0.2, -0.15) is 4.31 Å². The average Bonchev–Trinajstić information content (AvgIpc) is 2.85. The van der Waals surface area contributed by atoms with Gasteiger partial charge >= 0.3 is 5.97 Å². The summed E-state index contributed by atoms with van der Waals surface area (Å²) in [5, 5.41) is 8.50. The number of carboxylic acid groups (broad SMARTS) is 1. The van der Waals surface area contributed by atoms with Gasteiger partial charge in [0.15, 0.2) is 5.03 Å². The van der Waals surface area contributed by atoms with Crippen molar-refractivity contribution in [1.82, 2.24) is 13.9 Å². The van der Waals surface area contributed by atoms with Crippen LogP contribution in [0, 0.1) is 0 Å². The molecule has 0 bridgehead atoms. The standard InChI is InChI=1S/C9H13N3O4S/c13-9(14)6-11-5-8(10-7-11)17(15,16)12-3-1-2-4-12/h5,7H,1-4,6H2,(H,13,14). The summed E-state index contributed by atoms with van der Waals surface area (Å²) in [5.74, 6) is -1.03. The van der Waals surface area contributed by atoms with E-state index >= 15 is 0 Å². The molecule has 0 radical (unpaired) electrons. The number of aliphatic carboxylic acids is 1. The highest BCUT2D eigenvalue weighted by Gasteiger charge is 2.29. The van der Waals surface area contributed by atoms with E-state index in [2.05, 4.69) is 4.98 Å². The lowest BCUT2D eigenvalue weighted by Crippen LogP contribution is -2.28. The SMILES string of the molecule is O=C(O)Cn1cnc(S(=O)(=O)N2CCCC2)c1. The van der Waals surface area contributed by atoms with E-state index in [1.54, 1.807) is 0 Å². The van der Waals surface area contributed by atoms with Gasteiger partial charge in [0.1, 0.15) is 6.54 Å². The van der Waals surface area contributed by atoms with Crippen LogP contribution in [-0.4, -0.2) is 46.4 Å². The largest absolute Gasteiger partial charge is 0.480 e. The Morgan fingerprint density at radius 3 is 2.65 bits per heavy atom. The number of nitrogens with zero attached hydrogens (tertiary/aromatic N) is 3. The molecule has 8 heteroatoms. The van der Waals surface area contributed by atoms with Gasteiger partial charge in [-0.25, -0.2) is 13.4 Å². The van der Waals surface area contributed by atoms with E-state index in [4.69, 9.17) is 5.11 Å². The molecular formula is C9H13N3O4S. The maximum atomic E-state index is 12.0. The first-order valence-electron chi connectivity index (χ1n) is 5.24. The lowest BCUT2D eigenvalue weighted by Gasteiger charge is -2.12. The Bertz CT molecular complexity index is 516. The number of sulfonamides is 1. The normalized spacial score (nSPS) is 17.4. The van der Waals surface area contributed by atoms with Gasteiger partial charge in [0, 0.05) is 19.3 Å². The van der Waals surface area contributed by atoms with Crippen molar-refractivity contribution in [1.29, 1.82) is 0 Å². The van der Waals surface area contributed by atoms with Gasteiger partial charge in [-0.1, -0.05) is 0 Å². The summed E-state index contributed by atoms with van der Waals surface area (Å²) in [5.41, 5.74) is 0. The van der Waals surface area contributed by atoms with Crippen LogP contribution in [0.25, 0.3) is 0 Å². The van der Waals surface area contributed by atoms with Crippen LogP contribution >= 0.6 is 0 Å². The number of carbonyl (C=O) groups is 1. The smallest absolute Gasteiger partial charge is 0.323 e. The minimum Gasteiger partial charge on any atom is -0.480 e. The van der Waals surface area contributed by atoms with Gasteiger partial charge in [-0.15, -0.1) is 0 Å². The summed E-state index contributed by atoms with van der Waals surface area (Å²) < 4.78 is 26.7. The molecule has 1 aliphatic heterocycles. The van der Waals surface area contributed by atoms with E-state index in [-0.39, 0.29) is 11.6 Å². The molecule has 0 aliphatic carbocycles. The molecule has 94 valence electrons. The highest BCUT2D eigenvalue weighted by molar-refractivity contribution is 7.89. The fourth-order valence-corrected chi connectivity index (χ4v) is 3.23.